The molecule has 1 saturated heterocycles. The van der Waals surface area contributed by atoms with Crippen molar-refractivity contribution in [3.8, 4) is 0 Å². The summed E-state index contributed by atoms with van der Waals surface area (Å²) in [6, 6.07) is 8.71. The minimum atomic E-state index is -0.0351. The SMILES string of the molecule is CNCc1nc(NCC(C)(C)C)nc2c1NC(=O)CN2Cc1cccc(CN2CCCC2)c1. The number of carbonyl (C=O) groups excluding carboxylic acids is 1. The first kappa shape index (κ1) is 23.4. The highest BCUT2D eigenvalue weighted by Crippen LogP contribution is 2.33. The molecule has 1 aromatic carbocycles. The lowest BCUT2D eigenvalue weighted by Gasteiger charge is -2.31. The number of carbonyl (C=O) groups is 1. The zero-order valence-corrected chi connectivity index (χ0v) is 20.4. The summed E-state index contributed by atoms with van der Waals surface area (Å²) in [5, 5.41) is 9.55. The summed E-state index contributed by atoms with van der Waals surface area (Å²) in [7, 11) is 1.88. The molecule has 0 unspecified atom stereocenters. The Labute approximate surface area is 197 Å². The Balaban J connectivity index is 1.60. The fraction of sp³-hybridized carbons (Fsp3) is 0.560. The minimum absolute atomic E-state index is 0.0351. The molecule has 2 aromatic rings. The average Bonchev–Trinajstić information content (AvgIpc) is 3.26. The second-order valence-corrected chi connectivity index (χ2v) is 10.3. The van der Waals surface area contributed by atoms with E-state index in [1.54, 1.807) is 0 Å². The van der Waals surface area contributed by atoms with Gasteiger partial charge in [-0.1, -0.05) is 45.0 Å². The first-order valence-electron chi connectivity index (χ1n) is 11.9. The van der Waals surface area contributed by atoms with Crippen LogP contribution in [0.2, 0.25) is 0 Å². The standard InChI is InChI=1S/C25H37N7O/c1-25(2,3)17-27-24-28-20(13-26-4)22-23(30-24)32(16-21(33)29-22)15-19-9-7-8-18(12-19)14-31-10-5-6-11-31/h7-9,12,26H,5-6,10-11,13-17H2,1-4H3,(H,29,33)(H,27,28,30). The van der Waals surface area contributed by atoms with E-state index in [0.29, 0.717) is 24.7 Å². The van der Waals surface area contributed by atoms with Crippen molar-refractivity contribution in [2.75, 3.05) is 48.8 Å². The van der Waals surface area contributed by atoms with Crippen LogP contribution < -0.4 is 20.9 Å². The number of aromatic nitrogens is 2. The van der Waals surface area contributed by atoms with Crippen LogP contribution >= 0.6 is 0 Å². The molecule has 178 valence electrons. The summed E-state index contributed by atoms with van der Waals surface area (Å²) in [6.45, 7) is 12.1. The van der Waals surface area contributed by atoms with E-state index in [4.69, 9.17) is 9.97 Å². The molecule has 33 heavy (non-hydrogen) atoms. The van der Waals surface area contributed by atoms with Crippen molar-refractivity contribution in [1.29, 1.82) is 0 Å². The fourth-order valence-corrected chi connectivity index (χ4v) is 4.37. The summed E-state index contributed by atoms with van der Waals surface area (Å²) >= 11 is 0. The Morgan fingerprint density at radius 1 is 1.09 bits per heavy atom. The van der Waals surface area contributed by atoms with E-state index in [0.717, 1.165) is 24.6 Å². The van der Waals surface area contributed by atoms with Crippen molar-refractivity contribution in [3.63, 3.8) is 0 Å². The van der Waals surface area contributed by atoms with Crippen LogP contribution in [-0.2, 0) is 24.4 Å². The summed E-state index contributed by atoms with van der Waals surface area (Å²) in [5.74, 6) is 1.33. The van der Waals surface area contributed by atoms with Crippen LogP contribution in [-0.4, -0.2) is 54.0 Å². The van der Waals surface area contributed by atoms with Gasteiger partial charge in [0.1, 0.15) is 5.69 Å². The molecule has 0 bridgehead atoms. The summed E-state index contributed by atoms with van der Waals surface area (Å²) in [6.07, 6.45) is 2.58. The lowest BCUT2D eigenvalue weighted by atomic mass is 9.97. The third kappa shape index (κ3) is 6.21. The van der Waals surface area contributed by atoms with Gasteiger partial charge in [0.2, 0.25) is 11.9 Å². The van der Waals surface area contributed by atoms with Crippen molar-refractivity contribution in [3.05, 3.63) is 41.1 Å². The zero-order valence-electron chi connectivity index (χ0n) is 20.4. The van der Waals surface area contributed by atoms with Gasteiger partial charge in [-0.15, -0.1) is 0 Å². The number of amides is 1. The molecule has 3 N–H and O–H groups in total. The first-order valence-corrected chi connectivity index (χ1v) is 11.9. The monoisotopic (exact) mass is 451 g/mol. The molecule has 1 aromatic heterocycles. The number of nitrogens with zero attached hydrogens (tertiary/aromatic N) is 4. The van der Waals surface area contributed by atoms with Crippen LogP contribution in [0.15, 0.2) is 24.3 Å². The predicted octanol–water partition coefficient (Wildman–Crippen LogP) is 3.21. The largest absolute Gasteiger partial charge is 0.354 e. The summed E-state index contributed by atoms with van der Waals surface area (Å²) < 4.78 is 0. The number of benzene rings is 1. The van der Waals surface area contributed by atoms with Gasteiger partial charge in [-0.25, -0.2) is 4.98 Å². The molecule has 0 saturated carbocycles. The van der Waals surface area contributed by atoms with Crippen molar-refractivity contribution in [2.24, 2.45) is 5.41 Å². The lowest BCUT2D eigenvalue weighted by molar-refractivity contribution is -0.115. The van der Waals surface area contributed by atoms with Gasteiger partial charge in [-0.3, -0.25) is 9.69 Å². The highest BCUT2D eigenvalue weighted by atomic mass is 16.2. The fourth-order valence-electron chi connectivity index (χ4n) is 4.37. The van der Waals surface area contributed by atoms with Crippen LogP contribution in [0.5, 0.6) is 0 Å². The van der Waals surface area contributed by atoms with E-state index in [1.165, 1.54) is 37.1 Å². The highest BCUT2D eigenvalue weighted by molar-refractivity contribution is 6.01. The number of nitrogens with one attached hydrogen (secondary N) is 3. The third-order valence-electron chi connectivity index (χ3n) is 5.95. The van der Waals surface area contributed by atoms with Crippen LogP contribution in [0.1, 0.15) is 50.4 Å². The predicted molar refractivity (Wildman–Crippen MR) is 133 cm³/mol. The molecule has 0 atom stereocenters. The molecule has 2 aliphatic rings. The molecular formula is C25H37N7O. The number of hydrogen-bond acceptors (Lipinski definition) is 7. The maximum Gasteiger partial charge on any atom is 0.244 e. The second kappa shape index (κ2) is 10.1. The minimum Gasteiger partial charge on any atom is -0.354 e. The van der Waals surface area contributed by atoms with Gasteiger partial charge in [0, 0.05) is 26.2 Å². The van der Waals surface area contributed by atoms with Gasteiger partial charge in [0.05, 0.1) is 12.2 Å². The Hall–Kier alpha value is -2.71. The first-order chi connectivity index (χ1) is 15.8. The maximum absolute atomic E-state index is 12.6. The Kier molecular flexibility index (Phi) is 7.14. The van der Waals surface area contributed by atoms with Gasteiger partial charge >= 0.3 is 0 Å². The Morgan fingerprint density at radius 2 is 1.82 bits per heavy atom. The Bertz CT molecular complexity index is 979. The Morgan fingerprint density at radius 3 is 2.52 bits per heavy atom. The van der Waals surface area contributed by atoms with E-state index in [9.17, 15) is 4.79 Å². The molecule has 1 amide bonds. The van der Waals surface area contributed by atoms with Crippen molar-refractivity contribution < 1.29 is 4.79 Å². The van der Waals surface area contributed by atoms with E-state index in [-0.39, 0.29) is 17.9 Å². The number of hydrogen-bond donors (Lipinski definition) is 3. The molecule has 0 aliphatic carbocycles. The highest BCUT2D eigenvalue weighted by Gasteiger charge is 2.28. The topological polar surface area (TPSA) is 85.4 Å². The number of fused-ring (bicyclic) bond motifs is 1. The molecule has 8 heteroatoms. The van der Waals surface area contributed by atoms with Gasteiger partial charge < -0.3 is 20.9 Å². The zero-order chi connectivity index (χ0) is 23.4. The molecule has 0 spiro atoms. The molecule has 4 rings (SSSR count). The number of anilines is 3. The molecular weight excluding hydrogens is 414 g/mol. The molecule has 3 heterocycles. The number of rotatable bonds is 8. The molecule has 1 fully saturated rings. The van der Waals surface area contributed by atoms with Crippen LogP contribution in [0, 0.1) is 5.41 Å². The van der Waals surface area contributed by atoms with Crippen molar-refractivity contribution >= 4 is 23.4 Å². The van der Waals surface area contributed by atoms with Crippen molar-refractivity contribution in [2.45, 2.75) is 53.2 Å². The van der Waals surface area contributed by atoms with E-state index in [2.05, 4.69) is 70.8 Å². The van der Waals surface area contributed by atoms with Crippen molar-refractivity contribution in [1.82, 2.24) is 20.2 Å². The number of likely N-dealkylation sites (tertiary alicyclic amines) is 1. The van der Waals surface area contributed by atoms with Gasteiger partial charge in [-0.2, -0.15) is 4.98 Å². The quantitative estimate of drug-likeness (QED) is 0.568. The smallest absolute Gasteiger partial charge is 0.244 e. The van der Waals surface area contributed by atoms with Crippen LogP contribution in [0.25, 0.3) is 0 Å². The van der Waals surface area contributed by atoms with E-state index < -0.39 is 0 Å². The van der Waals surface area contributed by atoms with Crippen LogP contribution in [0.4, 0.5) is 17.5 Å². The van der Waals surface area contributed by atoms with Gasteiger partial charge in [-0.05, 0) is 49.5 Å². The second-order valence-electron chi connectivity index (χ2n) is 10.3. The van der Waals surface area contributed by atoms with Gasteiger partial charge in [0.25, 0.3) is 0 Å². The normalized spacial score (nSPS) is 16.6. The summed E-state index contributed by atoms with van der Waals surface area (Å²) in [4.78, 5) is 26.7. The molecule has 0 radical (unpaired) electrons. The summed E-state index contributed by atoms with van der Waals surface area (Å²) in [5.41, 5.74) is 4.11. The average molecular weight is 452 g/mol. The lowest BCUT2D eigenvalue weighted by Crippen LogP contribution is -2.39. The van der Waals surface area contributed by atoms with E-state index >= 15 is 0 Å². The third-order valence-corrected chi connectivity index (χ3v) is 5.95. The molecule has 2 aliphatic heterocycles. The van der Waals surface area contributed by atoms with Crippen LogP contribution in [0.3, 0.4) is 0 Å². The molecule has 8 nitrogen and oxygen atoms in total. The van der Waals surface area contributed by atoms with E-state index in [1.807, 2.05) is 7.05 Å². The maximum atomic E-state index is 12.6. The van der Waals surface area contributed by atoms with Gasteiger partial charge in [0.15, 0.2) is 5.82 Å².